The molecule has 2 aliphatic rings. The molecule has 3 heteroatoms. The van der Waals surface area contributed by atoms with Crippen LogP contribution in [-0.4, -0.2) is 47.6 Å². The molecular formula is C17H34N2S. The Hall–Kier alpha value is 0.270. The van der Waals surface area contributed by atoms with Crippen LogP contribution in [0.4, 0.5) is 0 Å². The van der Waals surface area contributed by atoms with Gasteiger partial charge >= 0.3 is 0 Å². The maximum Gasteiger partial charge on any atom is 0.0221 e. The van der Waals surface area contributed by atoms with Gasteiger partial charge in [0.25, 0.3) is 0 Å². The molecule has 0 aromatic carbocycles. The zero-order valence-electron chi connectivity index (χ0n) is 13.9. The Morgan fingerprint density at radius 3 is 2.75 bits per heavy atom. The molecule has 1 heterocycles. The molecule has 2 fully saturated rings. The average molecular weight is 299 g/mol. The maximum absolute atomic E-state index is 3.82. The van der Waals surface area contributed by atoms with Crippen molar-refractivity contribution < 1.29 is 0 Å². The Balaban J connectivity index is 2.00. The summed E-state index contributed by atoms with van der Waals surface area (Å²) in [5.74, 6) is 0.801. The van der Waals surface area contributed by atoms with Gasteiger partial charge in [-0.2, -0.15) is 11.8 Å². The molecular weight excluding hydrogens is 264 g/mol. The van der Waals surface area contributed by atoms with Crippen molar-refractivity contribution in [3.8, 4) is 0 Å². The van der Waals surface area contributed by atoms with Crippen LogP contribution in [-0.2, 0) is 0 Å². The van der Waals surface area contributed by atoms with Crippen LogP contribution in [0.2, 0.25) is 0 Å². The van der Waals surface area contributed by atoms with Crippen molar-refractivity contribution >= 4 is 11.8 Å². The number of rotatable bonds is 5. The van der Waals surface area contributed by atoms with E-state index in [9.17, 15) is 0 Å². The Morgan fingerprint density at radius 2 is 2.10 bits per heavy atom. The third kappa shape index (κ3) is 3.92. The minimum Gasteiger partial charge on any atom is -0.311 e. The molecule has 0 spiro atoms. The summed E-state index contributed by atoms with van der Waals surface area (Å²) in [6.45, 7) is 9.57. The van der Waals surface area contributed by atoms with Crippen LogP contribution in [0.1, 0.15) is 59.3 Å². The fourth-order valence-electron chi connectivity index (χ4n) is 3.97. The summed E-state index contributed by atoms with van der Waals surface area (Å²) in [6.07, 6.45) is 10.6. The van der Waals surface area contributed by atoms with E-state index in [-0.39, 0.29) is 0 Å². The zero-order chi connectivity index (χ0) is 14.5. The van der Waals surface area contributed by atoms with E-state index in [4.69, 9.17) is 0 Å². The third-order valence-corrected chi connectivity index (χ3v) is 6.79. The lowest BCUT2D eigenvalue weighted by atomic mass is 9.88. The van der Waals surface area contributed by atoms with Crippen LogP contribution < -0.4 is 5.32 Å². The van der Waals surface area contributed by atoms with E-state index < -0.39 is 0 Å². The molecule has 0 amide bonds. The molecule has 1 N–H and O–H groups in total. The minimum absolute atomic E-state index is 0.706. The first-order valence-corrected chi connectivity index (χ1v) is 10.00. The molecule has 2 nitrogen and oxygen atoms in total. The SMILES string of the molecule is CCC(C)C1CN(C2CCCC(SC)C2)C(CC)CN1. The lowest BCUT2D eigenvalue weighted by Gasteiger charge is -2.48. The number of hydrogen-bond acceptors (Lipinski definition) is 3. The number of thioether (sulfide) groups is 1. The molecule has 0 aromatic heterocycles. The number of nitrogens with zero attached hydrogens (tertiary/aromatic N) is 1. The first-order chi connectivity index (χ1) is 9.69. The van der Waals surface area contributed by atoms with Crippen LogP contribution in [0.25, 0.3) is 0 Å². The van der Waals surface area contributed by atoms with Crippen molar-refractivity contribution in [1.29, 1.82) is 0 Å². The summed E-state index contributed by atoms with van der Waals surface area (Å²) in [7, 11) is 0. The molecule has 0 aromatic rings. The summed E-state index contributed by atoms with van der Waals surface area (Å²) in [6, 6.07) is 2.32. The first-order valence-electron chi connectivity index (χ1n) is 8.71. The van der Waals surface area contributed by atoms with Crippen LogP contribution in [0.15, 0.2) is 0 Å². The topological polar surface area (TPSA) is 15.3 Å². The fourth-order valence-corrected chi connectivity index (χ4v) is 4.79. The van der Waals surface area contributed by atoms with Crippen molar-refractivity contribution in [3.05, 3.63) is 0 Å². The Kier molecular flexibility index (Phi) is 6.70. The lowest BCUT2D eigenvalue weighted by molar-refractivity contribution is 0.0486. The van der Waals surface area contributed by atoms with Gasteiger partial charge in [0.05, 0.1) is 0 Å². The van der Waals surface area contributed by atoms with Gasteiger partial charge in [-0.15, -0.1) is 0 Å². The number of hydrogen-bond donors (Lipinski definition) is 1. The van der Waals surface area contributed by atoms with E-state index >= 15 is 0 Å². The molecule has 2 rings (SSSR count). The summed E-state index contributed by atoms with van der Waals surface area (Å²) in [4.78, 5) is 2.88. The van der Waals surface area contributed by atoms with E-state index in [0.29, 0.717) is 6.04 Å². The molecule has 5 unspecified atom stereocenters. The van der Waals surface area contributed by atoms with E-state index in [0.717, 1.165) is 23.3 Å². The molecule has 1 saturated heterocycles. The molecule has 5 atom stereocenters. The third-order valence-electron chi connectivity index (χ3n) is 5.70. The van der Waals surface area contributed by atoms with E-state index in [1.54, 1.807) is 0 Å². The molecule has 1 aliphatic carbocycles. The first kappa shape index (κ1) is 16.6. The molecule has 20 heavy (non-hydrogen) atoms. The van der Waals surface area contributed by atoms with Gasteiger partial charge in [0.15, 0.2) is 0 Å². The van der Waals surface area contributed by atoms with Gasteiger partial charge in [0.2, 0.25) is 0 Å². The molecule has 0 bridgehead atoms. The van der Waals surface area contributed by atoms with Gasteiger partial charge in [0, 0.05) is 36.5 Å². The molecule has 0 radical (unpaired) electrons. The van der Waals surface area contributed by atoms with Crippen molar-refractivity contribution in [2.75, 3.05) is 19.3 Å². The lowest BCUT2D eigenvalue weighted by Crippen LogP contribution is -2.61. The van der Waals surface area contributed by atoms with Crippen molar-refractivity contribution in [2.24, 2.45) is 5.92 Å². The van der Waals surface area contributed by atoms with Crippen LogP contribution in [0.3, 0.4) is 0 Å². The largest absolute Gasteiger partial charge is 0.311 e. The van der Waals surface area contributed by atoms with Gasteiger partial charge in [-0.3, -0.25) is 4.90 Å². The second-order valence-electron chi connectivity index (χ2n) is 6.84. The summed E-state index contributed by atoms with van der Waals surface area (Å²) in [5, 5.41) is 4.72. The van der Waals surface area contributed by atoms with Crippen molar-refractivity contribution in [3.63, 3.8) is 0 Å². The zero-order valence-corrected chi connectivity index (χ0v) is 14.7. The number of piperazine rings is 1. The van der Waals surface area contributed by atoms with Gasteiger partial charge in [-0.1, -0.05) is 33.6 Å². The smallest absolute Gasteiger partial charge is 0.0221 e. The normalized spacial score (nSPS) is 37.8. The van der Waals surface area contributed by atoms with Crippen molar-refractivity contribution in [2.45, 2.75) is 82.7 Å². The maximum atomic E-state index is 3.82. The monoisotopic (exact) mass is 298 g/mol. The second kappa shape index (κ2) is 8.05. The van der Waals surface area contributed by atoms with Crippen LogP contribution >= 0.6 is 11.8 Å². The van der Waals surface area contributed by atoms with E-state index in [1.807, 2.05) is 0 Å². The highest BCUT2D eigenvalue weighted by atomic mass is 32.2. The molecule has 1 aliphatic heterocycles. The summed E-state index contributed by atoms with van der Waals surface area (Å²) in [5.41, 5.74) is 0. The van der Waals surface area contributed by atoms with Crippen molar-refractivity contribution in [1.82, 2.24) is 10.2 Å². The Morgan fingerprint density at radius 1 is 1.30 bits per heavy atom. The predicted octanol–water partition coefficient (Wildman–Crippen LogP) is 3.76. The number of nitrogens with one attached hydrogen (secondary N) is 1. The van der Waals surface area contributed by atoms with Gasteiger partial charge < -0.3 is 5.32 Å². The summed E-state index contributed by atoms with van der Waals surface area (Å²) < 4.78 is 0. The second-order valence-corrected chi connectivity index (χ2v) is 7.98. The van der Waals surface area contributed by atoms with Crippen LogP contribution in [0, 0.1) is 5.92 Å². The highest BCUT2D eigenvalue weighted by molar-refractivity contribution is 7.99. The van der Waals surface area contributed by atoms with Crippen LogP contribution in [0.5, 0.6) is 0 Å². The van der Waals surface area contributed by atoms with E-state index in [2.05, 4.69) is 49.0 Å². The van der Waals surface area contributed by atoms with Gasteiger partial charge in [-0.25, -0.2) is 0 Å². The molecule has 1 saturated carbocycles. The molecule has 118 valence electrons. The fraction of sp³-hybridized carbons (Fsp3) is 1.00. The minimum atomic E-state index is 0.706. The highest BCUT2D eigenvalue weighted by Gasteiger charge is 2.35. The van der Waals surface area contributed by atoms with E-state index in [1.165, 1.54) is 51.6 Å². The van der Waals surface area contributed by atoms with Gasteiger partial charge in [0.1, 0.15) is 0 Å². The van der Waals surface area contributed by atoms with Gasteiger partial charge in [-0.05, 0) is 37.9 Å². The summed E-state index contributed by atoms with van der Waals surface area (Å²) >= 11 is 2.09. The Bertz CT molecular complexity index is 282. The standard InChI is InChI=1S/C17H34N2S/c1-5-13(3)17-12-19(14(6-2)11-18-17)15-8-7-9-16(10-15)20-4/h13-18H,5-12H2,1-4H3. The predicted molar refractivity (Wildman–Crippen MR) is 91.6 cm³/mol. The Labute approximate surface area is 130 Å². The average Bonchev–Trinajstić information content (AvgIpc) is 2.53. The quantitative estimate of drug-likeness (QED) is 0.832. The highest BCUT2D eigenvalue weighted by Crippen LogP contribution is 2.32.